The number of halogens is 2. The van der Waals surface area contributed by atoms with Crippen molar-refractivity contribution in [1.82, 2.24) is 9.88 Å². The maximum absolute atomic E-state index is 16.3. The van der Waals surface area contributed by atoms with Gasteiger partial charge < -0.3 is 44.2 Å². The Morgan fingerprint density at radius 2 is 1.64 bits per heavy atom. The highest BCUT2D eigenvalue weighted by Crippen LogP contribution is 2.46. The molecule has 50 heavy (non-hydrogen) atoms. The molecule has 4 aromatic rings. The molecule has 0 amide bonds. The van der Waals surface area contributed by atoms with E-state index in [0.29, 0.717) is 23.5 Å². The Balaban J connectivity index is 1.60. The van der Waals surface area contributed by atoms with E-state index in [0.717, 1.165) is 6.54 Å². The normalized spacial score (nSPS) is 12.4. The number of amidine groups is 2. The Labute approximate surface area is 285 Å². The summed E-state index contributed by atoms with van der Waals surface area (Å²) < 4.78 is 65.7. The summed E-state index contributed by atoms with van der Waals surface area (Å²) in [5.74, 6) is -6.04. The van der Waals surface area contributed by atoms with Crippen molar-refractivity contribution in [2.75, 3.05) is 41.0 Å². The topological polar surface area (TPSA) is 171 Å². The van der Waals surface area contributed by atoms with E-state index in [1.807, 2.05) is 18.0 Å². The van der Waals surface area contributed by atoms with Crippen LogP contribution < -0.4 is 29.4 Å². The summed E-state index contributed by atoms with van der Waals surface area (Å²) in [6.45, 7) is 3.20. The van der Waals surface area contributed by atoms with E-state index in [4.69, 9.17) is 39.6 Å². The number of ether oxygens (including phenoxy) is 6. The third kappa shape index (κ3) is 7.67. The van der Waals surface area contributed by atoms with Crippen LogP contribution in [0, 0.1) is 17.0 Å². The molecule has 0 saturated heterocycles. The number of pyridine rings is 1. The van der Waals surface area contributed by atoms with Crippen LogP contribution in [-0.4, -0.2) is 73.6 Å². The van der Waals surface area contributed by atoms with Crippen LogP contribution in [0.15, 0.2) is 65.7 Å². The molecule has 0 atom stereocenters. The highest BCUT2D eigenvalue weighted by Gasteiger charge is 2.29. The second kappa shape index (κ2) is 15.2. The number of hydrogen-bond donors (Lipinski definition) is 3. The van der Waals surface area contributed by atoms with Gasteiger partial charge in [0.25, 0.3) is 11.8 Å². The lowest BCUT2D eigenvalue weighted by molar-refractivity contribution is -0.137. The molecule has 1 aromatic heterocycles. The highest BCUT2D eigenvalue weighted by molar-refractivity contribution is 6.00. The average Bonchev–Trinajstić information content (AvgIpc) is 3.54. The first-order valence-electron chi connectivity index (χ1n) is 15.1. The van der Waals surface area contributed by atoms with Gasteiger partial charge in [-0.2, -0.15) is 13.8 Å². The lowest BCUT2D eigenvalue weighted by Crippen LogP contribution is -2.23. The fourth-order valence-electron chi connectivity index (χ4n) is 4.82. The molecule has 0 unspecified atom stereocenters. The Morgan fingerprint density at radius 1 is 0.980 bits per heavy atom. The number of esters is 1. The number of carbonyl (C=O) groups is 1. The maximum Gasteiger partial charge on any atom is 0.330 e. The van der Waals surface area contributed by atoms with Crippen molar-refractivity contribution in [3.8, 4) is 52.0 Å². The van der Waals surface area contributed by atoms with Crippen LogP contribution in [0.4, 0.5) is 8.78 Å². The Kier molecular flexibility index (Phi) is 10.6. The molecule has 1 aliphatic heterocycles. The molecular formula is C35H33F2N5O8. The number of aromatic hydroxyl groups is 1. The number of hydrogen-bond acceptors (Lipinski definition) is 12. The first-order valence-corrected chi connectivity index (χ1v) is 15.1. The number of likely N-dealkylation sites (N-methyl/N-ethyl adjacent to an activating group) is 1. The average molecular weight is 690 g/mol. The fourth-order valence-corrected chi connectivity index (χ4v) is 4.82. The van der Waals surface area contributed by atoms with E-state index in [9.17, 15) is 9.90 Å². The number of rotatable bonds is 13. The third-order valence-corrected chi connectivity index (χ3v) is 7.20. The predicted molar refractivity (Wildman–Crippen MR) is 179 cm³/mol. The van der Waals surface area contributed by atoms with Crippen LogP contribution in [0.1, 0.15) is 23.6 Å². The van der Waals surface area contributed by atoms with E-state index in [1.165, 1.54) is 56.7 Å². The van der Waals surface area contributed by atoms with Crippen molar-refractivity contribution < 1.29 is 47.1 Å². The van der Waals surface area contributed by atoms with Gasteiger partial charge in [0.2, 0.25) is 23.1 Å². The first-order chi connectivity index (χ1) is 24.0. The summed E-state index contributed by atoms with van der Waals surface area (Å²) in [4.78, 5) is 22.3. The van der Waals surface area contributed by atoms with E-state index >= 15 is 8.78 Å². The number of benzene rings is 3. The molecular weight excluding hydrogens is 656 g/mol. The Hall–Kier alpha value is -6.38. The molecule has 0 fully saturated rings. The Bertz CT molecular complexity index is 1980. The Morgan fingerprint density at radius 3 is 2.22 bits per heavy atom. The zero-order chi connectivity index (χ0) is 35.9. The van der Waals surface area contributed by atoms with Gasteiger partial charge in [-0.1, -0.05) is 12.1 Å². The number of nitrogens with zero attached hydrogens (tertiary/aromatic N) is 3. The maximum atomic E-state index is 16.3. The molecule has 15 heteroatoms. The number of nitrogen functional groups attached to an aromatic ring is 1. The van der Waals surface area contributed by atoms with E-state index < -0.39 is 40.9 Å². The lowest BCUT2D eigenvalue weighted by atomic mass is 10.1. The van der Waals surface area contributed by atoms with Crippen molar-refractivity contribution in [2.24, 2.45) is 10.7 Å². The van der Waals surface area contributed by atoms with Crippen LogP contribution in [0.2, 0.25) is 0 Å². The van der Waals surface area contributed by atoms with Gasteiger partial charge in [0.05, 0.1) is 32.9 Å². The van der Waals surface area contributed by atoms with Gasteiger partial charge >= 0.3 is 5.97 Å². The molecule has 4 N–H and O–H groups in total. The zero-order valence-electron chi connectivity index (χ0n) is 27.5. The number of carbonyl (C=O) groups excluding carboxylic acids is 1. The van der Waals surface area contributed by atoms with Gasteiger partial charge in [-0.3, -0.25) is 10.4 Å². The monoisotopic (exact) mass is 689 g/mol. The van der Waals surface area contributed by atoms with Crippen molar-refractivity contribution in [2.45, 2.75) is 6.92 Å². The minimum absolute atomic E-state index is 0.00722. The molecule has 0 saturated carbocycles. The SMILES string of the molecule is CCOC(=O)C=Cc1cc(OC)c(Oc2c(F)c(Oc3cccc(C4=NCCN4C)c3)nc(Oc3ccc(O)c(C(=N)N)c3)c2F)c(OC)c1. The number of phenols is 1. The summed E-state index contributed by atoms with van der Waals surface area (Å²) in [5.41, 5.74) is 6.58. The van der Waals surface area contributed by atoms with Crippen LogP contribution in [0.3, 0.4) is 0 Å². The highest BCUT2D eigenvalue weighted by atomic mass is 19.1. The summed E-state index contributed by atoms with van der Waals surface area (Å²) in [6, 6.07) is 13.2. The molecule has 2 heterocycles. The molecule has 0 bridgehead atoms. The number of nitrogens with one attached hydrogen (secondary N) is 1. The van der Waals surface area contributed by atoms with E-state index in [-0.39, 0.29) is 46.7 Å². The van der Waals surface area contributed by atoms with Gasteiger partial charge in [0.1, 0.15) is 28.9 Å². The molecule has 260 valence electrons. The minimum atomic E-state index is -1.38. The molecule has 0 radical (unpaired) electrons. The van der Waals surface area contributed by atoms with Crippen molar-refractivity contribution in [1.29, 1.82) is 5.41 Å². The van der Waals surface area contributed by atoms with Gasteiger partial charge in [-0.05, 0) is 61.0 Å². The smallest absolute Gasteiger partial charge is 0.330 e. The fraction of sp³-hybridized carbons (Fsp3) is 0.200. The quantitative estimate of drug-likeness (QED) is 0.0650. The summed E-state index contributed by atoms with van der Waals surface area (Å²) >= 11 is 0. The molecule has 0 aliphatic carbocycles. The lowest BCUT2D eigenvalue weighted by Gasteiger charge is -2.18. The van der Waals surface area contributed by atoms with Crippen LogP contribution >= 0.6 is 0 Å². The number of nitrogens with two attached hydrogens (primary N) is 1. The summed E-state index contributed by atoms with van der Waals surface area (Å²) in [6.07, 6.45) is 2.63. The van der Waals surface area contributed by atoms with Crippen LogP contribution in [0.5, 0.6) is 52.0 Å². The van der Waals surface area contributed by atoms with Crippen LogP contribution in [0.25, 0.3) is 6.08 Å². The van der Waals surface area contributed by atoms with Gasteiger partial charge in [0, 0.05) is 25.2 Å². The number of phenolic OH excluding ortho intramolecular Hbond substituents is 1. The molecule has 3 aromatic carbocycles. The number of methoxy groups -OCH3 is 2. The third-order valence-electron chi connectivity index (χ3n) is 7.20. The van der Waals surface area contributed by atoms with Crippen LogP contribution in [-0.2, 0) is 9.53 Å². The van der Waals surface area contributed by atoms with E-state index in [2.05, 4.69) is 9.98 Å². The molecule has 13 nitrogen and oxygen atoms in total. The zero-order valence-corrected chi connectivity index (χ0v) is 27.5. The summed E-state index contributed by atoms with van der Waals surface area (Å²) in [7, 11) is 4.50. The molecule has 0 spiro atoms. The molecule has 5 rings (SSSR count). The van der Waals surface area contributed by atoms with Gasteiger partial charge in [-0.15, -0.1) is 0 Å². The molecule has 1 aliphatic rings. The first kappa shape index (κ1) is 34.9. The van der Waals surface area contributed by atoms with Gasteiger partial charge in [0.15, 0.2) is 11.5 Å². The van der Waals surface area contributed by atoms with Crippen molar-refractivity contribution in [3.63, 3.8) is 0 Å². The van der Waals surface area contributed by atoms with Crippen molar-refractivity contribution in [3.05, 3.63) is 89.0 Å². The second-order valence-corrected chi connectivity index (χ2v) is 10.6. The number of aromatic nitrogens is 1. The predicted octanol–water partition coefficient (Wildman–Crippen LogP) is 6.01. The largest absolute Gasteiger partial charge is 0.507 e. The standard InChI is InChI=1S/C35H33F2N5O8/c1-5-47-27(44)12-9-19-15-25(45-3)30(26(16-19)46-4)50-31-28(36)34(48-21-8-6-7-20(17-21)33-40-13-14-42(33)2)41-35(29(31)37)49-22-10-11-24(43)23(18-22)32(38)39/h6-12,15-18,43H,5,13-14H2,1-4H3,(H3,38,39). The second-order valence-electron chi connectivity index (χ2n) is 10.6. The number of aliphatic imine (C=N–C) groups is 1. The van der Waals surface area contributed by atoms with Gasteiger partial charge in [-0.25, -0.2) is 4.79 Å². The minimum Gasteiger partial charge on any atom is -0.507 e. The van der Waals surface area contributed by atoms with E-state index in [1.54, 1.807) is 25.1 Å². The summed E-state index contributed by atoms with van der Waals surface area (Å²) in [5, 5.41) is 17.8. The van der Waals surface area contributed by atoms with Crippen molar-refractivity contribution >= 4 is 23.7 Å².